The summed E-state index contributed by atoms with van der Waals surface area (Å²) in [7, 11) is 0. The third kappa shape index (κ3) is 3.97. The van der Waals surface area contributed by atoms with Crippen molar-refractivity contribution in [2.45, 2.75) is 45.2 Å². The fraction of sp³-hybridized carbons (Fsp3) is 0.276. The van der Waals surface area contributed by atoms with Gasteiger partial charge in [0.25, 0.3) is 0 Å². The van der Waals surface area contributed by atoms with Crippen LogP contribution < -0.4 is 10.1 Å². The average Bonchev–Trinajstić information content (AvgIpc) is 3.48. The third-order valence-electron chi connectivity index (χ3n) is 7.05. The van der Waals surface area contributed by atoms with Crippen molar-refractivity contribution in [3.8, 4) is 10.8 Å². The number of fused-ring (bicyclic) bond motifs is 5. The summed E-state index contributed by atoms with van der Waals surface area (Å²) in [6, 6.07) is 17.5. The van der Waals surface area contributed by atoms with E-state index in [4.69, 9.17) is 4.74 Å². The van der Waals surface area contributed by atoms with Crippen molar-refractivity contribution in [2.75, 3.05) is 11.9 Å². The summed E-state index contributed by atoms with van der Waals surface area (Å²) in [6.45, 7) is 2.91. The van der Waals surface area contributed by atoms with Gasteiger partial charge in [-0.1, -0.05) is 24.3 Å². The fourth-order valence-electron chi connectivity index (χ4n) is 5.42. The molecule has 0 bridgehead atoms. The molecule has 1 atom stereocenters. The van der Waals surface area contributed by atoms with Gasteiger partial charge in [0, 0.05) is 16.6 Å². The summed E-state index contributed by atoms with van der Waals surface area (Å²) < 4.78 is 21.9. The summed E-state index contributed by atoms with van der Waals surface area (Å²) in [4.78, 5) is 17.4. The number of benzene rings is 2. The van der Waals surface area contributed by atoms with E-state index in [1.54, 1.807) is 12.1 Å². The molecule has 4 aromatic rings. The molecule has 2 aliphatic rings. The van der Waals surface area contributed by atoms with Crippen LogP contribution in [0.1, 0.15) is 53.1 Å². The van der Waals surface area contributed by atoms with E-state index in [-0.39, 0.29) is 17.9 Å². The van der Waals surface area contributed by atoms with Crippen LogP contribution in [0.15, 0.2) is 66.9 Å². The normalized spacial score (nSPS) is 16.5. The number of thiophene rings is 1. The predicted octanol–water partition coefficient (Wildman–Crippen LogP) is 7.09. The maximum atomic E-state index is 14.0. The van der Waals surface area contributed by atoms with Crippen LogP contribution in [0.25, 0.3) is 5.00 Å². The van der Waals surface area contributed by atoms with E-state index in [1.807, 2.05) is 53.5 Å². The molecule has 2 amide bonds. The van der Waals surface area contributed by atoms with Gasteiger partial charge >= 0.3 is 6.03 Å². The number of para-hydroxylation sites is 2. The van der Waals surface area contributed by atoms with Crippen LogP contribution >= 0.6 is 11.3 Å². The number of aryl methyl sites for hydroxylation is 1. The number of rotatable bonds is 4. The van der Waals surface area contributed by atoms with E-state index in [2.05, 4.69) is 22.1 Å². The maximum absolute atomic E-state index is 14.0. The molecule has 2 aromatic carbocycles. The van der Waals surface area contributed by atoms with Crippen LogP contribution in [0, 0.1) is 5.82 Å². The number of aromatic nitrogens is 1. The summed E-state index contributed by atoms with van der Waals surface area (Å²) >= 11 is 1.85. The first-order valence-electron chi connectivity index (χ1n) is 12.5. The van der Waals surface area contributed by atoms with E-state index >= 15 is 0 Å². The van der Waals surface area contributed by atoms with Gasteiger partial charge in [0.1, 0.15) is 16.6 Å². The summed E-state index contributed by atoms with van der Waals surface area (Å²) in [6.07, 6.45) is 6.60. The summed E-state index contributed by atoms with van der Waals surface area (Å²) in [5, 5.41) is 4.31. The van der Waals surface area contributed by atoms with Gasteiger partial charge in [-0.2, -0.15) is 0 Å². The third-order valence-corrected chi connectivity index (χ3v) is 8.39. The number of nitrogens with one attached hydrogen (secondary N) is 1. The molecule has 36 heavy (non-hydrogen) atoms. The highest BCUT2D eigenvalue weighted by Crippen LogP contribution is 2.44. The lowest BCUT2D eigenvalue weighted by Gasteiger charge is -2.31. The Morgan fingerprint density at radius 1 is 1.06 bits per heavy atom. The van der Waals surface area contributed by atoms with Crippen LogP contribution in [0.3, 0.4) is 0 Å². The zero-order valence-electron chi connectivity index (χ0n) is 20.2. The van der Waals surface area contributed by atoms with E-state index < -0.39 is 0 Å². The molecule has 3 heterocycles. The Labute approximate surface area is 214 Å². The fourth-order valence-corrected chi connectivity index (χ4v) is 6.82. The van der Waals surface area contributed by atoms with Gasteiger partial charge in [0.05, 0.1) is 30.6 Å². The number of ether oxygens (including phenoxy) is 1. The monoisotopic (exact) mass is 501 g/mol. The quantitative estimate of drug-likeness (QED) is 0.324. The molecule has 0 saturated heterocycles. The molecule has 0 spiro atoms. The molecule has 0 radical (unpaired) electrons. The number of nitrogens with zero attached hydrogens (tertiary/aromatic N) is 2. The minimum Gasteiger partial charge on any atom is -0.492 e. The van der Waals surface area contributed by atoms with Gasteiger partial charge in [0.15, 0.2) is 0 Å². The first-order valence-corrected chi connectivity index (χ1v) is 13.3. The van der Waals surface area contributed by atoms with Crippen molar-refractivity contribution in [2.24, 2.45) is 0 Å². The molecule has 0 unspecified atom stereocenters. The SMILES string of the molecule is CCOc1ccccc1NC(=O)N1Cc2c(sc3c2CCCC3)-n2cccc2[C@@H]1c1ccc(F)cc1. The number of urea groups is 1. The summed E-state index contributed by atoms with van der Waals surface area (Å²) in [5.41, 5.74) is 5.12. The van der Waals surface area contributed by atoms with Crippen LogP contribution in [-0.2, 0) is 19.4 Å². The molecule has 1 aliphatic carbocycles. The number of hydrogen-bond donors (Lipinski definition) is 1. The number of hydrogen-bond acceptors (Lipinski definition) is 3. The lowest BCUT2D eigenvalue weighted by Crippen LogP contribution is -2.38. The number of carbonyl (C=O) groups excluding carboxylic acids is 1. The number of anilines is 1. The minimum absolute atomic E-state index is 0.215. The molecular weight excluding hydrogens is 473 g/mol. The Morgan fingerprint density at radius 2 is 1.86 bits per heavy atom. The van der Waals surface area contributed by atoms with Gasteiger partial charge in [-0.15, -0.1) is 11.3 Å². The zero-order chi connectivity index (χ0) is 24.6. The average molecular weight is 502 g/mol. The lowest BCUT2D eigenvalue weighted by molar-refractivity contribution is 0.194. The van der Waals surface area contributed by atoms with Crippen molar-refractivity contribution in [3.05, 3.63) is 99.9 Å². The van der Waals surface area contributed by atoms with Gasteiger partial charge in [-0.3, -0.25) is 0 Å². The van der Waals surface area contributed by atoms with Crippen LogP contribution in [0.2, 0.25) is 0 Å². The van der Waals surface area contributed by atoms with Crippen molar-refractivity contribution in [3.63, 3.8) is 0 Å². The van der Waals surface area contributed by atoms with Crippen molar-refractivity contribution in [1.29, 1.82) is 0 Å². The van der Waals surface area contributed by atoms with Gasteiger partial charge in [-0.05, 0) is 80.1 Å². The zero-order valence-corrected chi connectivity index (χ0v) is 21.0. The van der Waals surface area contributed by atoms with Crippen molar-refractivity contribution < 1.29 is 13.9 Å². The molecule has 5 nitrogen and oxygen atoms in total. The highest BCUT2D eigenvalue weighted by atomic mass is 32.1. The second-order valence-electron chi connectivity index (χ2n) is 9.24. The Bertz CT molecular complexity index is 1410. The minimum atomic E-state index is -0.376. The summed E-state index contributed by atoms with van der Waals surface area (Å²) in [5.74, 6) is 0.344. The smallest absolute Gasteiger partial charge is 0.323 e. The second-order valence-corrected chi connectivity index (χ2v) is 10.3. The van der Waals surface area contributed by atoms with Gasteiger partial charge in [0.2, 0.25) is 0 Å². The van der Waals surface area contributed by atoms with E-state index in [9.17, 15) is 9.18 Å². The molecule has 1 aliphatic heterocycles. The molecule has 0 fully saturated rings. The van der Waals surface area contributed by atoms with E-state index in [0.717, 1.165) is 24.1 Å². The van der Waals surface area contributed by atoms with Crippen LogP contribution in [-0.4, -0.2) is 22.1 Å². The van der Waals surface area contributed by atoms with E-state index in [1.165, 1.54) is 46.0 Å². The second kappa shape index (κ2) is 9.47. The molecule has 0 saturated carbocycles. The van der Waals surface area contributed by atoms with Crippen LogP contribution in [0.4, 0.5) is 14.9 Å². The highest BCUT2D eigenvalue weighted by molar-refractivity contribution is 7.15. The molecule has 2 aromatic heterocycles. The molecule has 6 rings (SSSR count). The first-order chi connectivity index (χ1) is 17.6. The van der Waals surface area contributed by atoms with Crippen LogP contribution in [0.5, 0.6) is 5.75 Å². The number of carbonyl (C=O) groups is 1. The van der Waals surface area contributed by atoms with Crippen molar-refractivity contribution >= 4 is 23.1 Å². The standard InChI is InChI=1S/C29H28FN3O2S/c1-2-35-25-11-5-4-9-23(25)31-29(34)33-18-22-21-8-3-6-12-26(21)36-28(22)32-17-7-10-24(32)27(33)19-13-15-20(30)16-14-19/h4-5,7,9-11,13-17,27H,2-3,6,8,12,18H2,1H3,(H,31,34)/t27-/m0/s1. The Morgan fingerprint density at radius 3 is 2.69 bits per heavy atom. The lowest BCUT2D eigenvalue weighted by atomic mass is 9.95. The number of halogens is 1. The largest absolute Gasteiger partial charge is 0.492 e. The molecule has 184 valence electrons. The topological polar surface area (TPSA) is 46.5 Å². The molecule has 1 N–H and O–H groups in total. The first kappa shape index (κ1) is 22.9. The van der Waals surface area contributed by atoms with Crippen molar-refractivity contribution in [1.82, 2.24) is 9.47 Å². The highest BCUT2D eigenvalue weighted by Gasteiger charge is 2.36. The van der Waals surface area contributed by atoms with E-state index in [0.29, 0.717) is 24.6 Å². The molecule has 7 heteroatoms. The Balaban J connectivity index is 1.48. The Kier molecular flexibility index (Phi) is 6.01. The van der Waals surface area contributed by atoms with Gasteiger partial charge < -0.3 is 19.5 Å². The van der Waals surface area contributed by atoms with Gasteiger partial charge in [-0.25, -0.2) is 9.18 Å². The Hall–Kier alpha value is -3.58. The maximum Gasteiger partial charge on any atom is 0.323 e. The molecular formula is C29H28FN3O2S. The number of amides is 2. The predicted molar refractivity (Wildman–Crippen MR) is 141 cm³/mol.